The number of amides is 1. The number of carbonyl (C=O) groups is 1. The predicted octanol–water partition coefficient (Wildman–Crippen LogP) is 3.29. The Bertz CT molecular complexity index is 1270. The lowest BCUT2D eigenvalue weighted by Crippen LogP contribution is -2.39. The van der Waals surface area contributed by atoms with E-state index >= 15 is 0 Å². The summed E-state index contributed by atoms with van der Waals surface area (Å²) in [6.45, 7) is 3.18. The van der Waals surface area contributed by atoms with Crippen molar-refractivity contribution < 1.29 is 22.0 Å². The summed E-state index contributed by atoms with van der Waals surface area (Å²) in [5.74, 6) is -1.64. The smallest absolute Gasteiger partial charge is 0.260 e. The molecule has 0 bridgehead atoms. The minimum absolute atomic E-state index is 0.0365. The normalized spacial score (nSPS) is 11.7. The first-order chi connectivity index (χ1) is 15.1. The first kappa shape index (κ1) is 23.1. The molecule has 0 fully saturated rings. The zero-order valence-corrected chi connectivity index (χ0v) is 18.5. The number of benzene rings is 2. The Morgan fingerprint density at radius 2 is 1.78 bits per heavy atom. The second-order valence-electron chi connectivity index (χ2n) is 7.18. The SMILES string of the molecule is Cc1cc(/C=N\NC(=O)CN(c2cccc(F)c2)S(C)(=O)=O)c(C)n1-c1ccc(F)cc1. The van der Waals surface area contributed by atoms with Crippen molar-refractivity contribution in [1.82, 2.24) is 9.99 Å². The number of hydrogen-bond acceptors (Lipinski definition) is 4. The number of anilines is 1. The molecule has 0 spiro atoms. The fraction of sp³-hybridized carbons (Fsp3) is 0.182. The molecule has 2 aromatic carbocycles. The largest absolute Gasteiger partial charge is 0.318 e. The summed E-state index contributed by atoms with van der Waals surface area (Å²) in [6.07, 6.45) is 2.37. The van der Waals surface area contributed by atoms with Crippen molar-refractivity contribution in [3.8, 4) is 5.69 Å². The van der Waals surface area contributed by atoms with E-state index in [1.54, 1.807) is 12.1 Å². The van der Waals surface area contributed by atoms with Crippen molar-refractivity contribution in [2.24, 2.45) is 5.10 Å². The average molecular weight is 461 g/mol. The van der Waals surface area contributed by atoms with E-state index in [0.29, 0.717) is 0 Å². The van der Waals surface area contributed by atoms with Gasteiger partial charge in [-0.15, -0.1) is 0 Å². The van der Waals surface area contributed by atoms with Crippen LogP contribution >= 0.6 is 0 Å². The van der Waals surface area contributed by atoms with E-state index in [2.05, 4.69) is 10.5 Å². The number of aryl methyl sites for hydroxylation is 1. The van der Waals surface area contributed by atoms with Gasteiger partial charge in [0.15, 0.2) is 0 Å². The fourth-order valence-corrected chi connectivity index (χ4v) is 4.12. The second-order valence-corrected chi connectivity index (χ2v) is 9.09. The average Bonchev–Trinajstić information content (AvgIpc) is 2.99. The molecule has 0 saturated heterocycles. The molecule has 0 saturated carbocycles. The number of halogens is 2. The molecule has 0 aliphatic carbocycles. The second kappa shape index (κ2) is 9.31. The van der Waals surface area contributed by atoms with Crippen LogP contribution in [0.15, 0.2) is 59.7 Å². The Kier molecular flexibility index (Phi) is 6.73. The van der Waals surface area contributed by atoms with Gasteiger partial charge in [-0.1, -0.05) is 6.07 Å². The topological polar surface area (TPSA) is 83.8 Å². The van der Waals surface area contributed by atoms with Gasteiger partial charge in [0.25, 0.3) is 5.91 Å². The summed E-state index contributed by atoms with van der Waals surface area (Å²) in [6, 6.07) is 12.9. The molecule has 0 radical (unpaired) electrons. The van der Waals surface area contributed by atoms with Crippen LogP contribution in [0.3, 0.4) is 0 Å². The standard InChI is InChI=1S/C22H22F2N4O3S/c1-15-11-17(16(2)28(15)20-9-7-18(23)8-10-20)13-25-26-22(29)14-27(32(3,30)31)21-6-4-5-19(24)12-21/h4-13H,14H2,1-3H3,(H,26,29)/b25-13-. The van der Waals surface area contributed by atoms with Crippen molar-refractivity contribution in [2.75, 3.05) is 17.1 Å². The van der Waals surface area contributed by atoms with E-state index in [4.69, 9.17) is 0 Å². The molecule has 3 aromatic rings. The van der Waals surface area contributed by atoms with Gasteiger partial charge in [-0.2, -0.15) is 5.10 Å². The van der Waals surface area contributed by atoms with Gasteiger partial charge in [-0.25, -0.2) is 22.6 Å². The van der Waals surface area contributed by atoms with Gasteiger partial charge < -0.3 is 4.57 Å². The number of nitrogens with zero attached hydrogens (tertiary/aromatic N) is 3. The first-order valence-corrected chi connectivity index (χ1v) is 11.4. The van der Waals surface area contributed by atoms with Crippen LogP contribution in [0, 0.1) is 25.5 Å². The molecule has 0 unspecified atom stereocenters. The Morgan fingerprint density at radius 3 is 2.41 bits per heavy atom. The molecule has 168 valence electrons. The summed E-state index contributed by atoms with van der Waals surface area (Å²) in [4.78, 5) is 12.3. The molecule has 1 amide bonds. The summed E-state index contributed by atoms with van der Waals surface area (Å²) >= 11 is 0. The monoisotopic (exact) mass is 460 g/mol. The van der Waals surface area contributed by atoms with Crippen LogP contribution in [-0.4, -0.2) is 37.9 Å². The molecule has 0 aliphatic heterocycles. The van der Waals surface area contributed by atoms with Crippen LogP contribution in [0.5, 0.6) is 0 Å². The Balaban J connectivity index is 1.73. The molecular weight excluding hydrogens is 438 g/mol. The molecule has 7 nitrogen and oxygen atoms in total. The Morgan fingerprint density at radius 1 is 1.09 bits per heavy atom. The van der Waals surface area contributed by atoms with Crippen molar-refractivity contribution >= 4 is 27.8 Å². The highest BCUT2D eigenvalue weighted by Gasteiger charge is 2.21. The quantitative estimate of drug-likeness (QED) is 0.434. The number of hydrogen-bond donors (Lipinski definition) is 1. The summed E-state index contributed by atoms with van der Waals surface area (Å²) < 4.78 is 53.6. The molecule has 10 heteroatoms. The van der Waals surface area contributed by atoms with Gasteiger partial charge in [0, 0.05) is 22.6 Å². The van der Waals surface area contributed by atoms with Gasteiger partial charge >= 0.3 is 0 Å². The molecule has 1 heterocycles. The minimum atomic E-state index is -3.83. The van der Waals surface area contributed by atoms with Crippen molar-refractivity contribution in [3.63, 3.8) is 0 Å². The van der Waals surface area contributed by atoms with Crippen LogP contribution in [0.2, 0.25) is 0 Å². The predicted molar refractivity (Wildman–Crippen MR) is 120 cm³/mol. The third-order valence-corrected chi connectivity index (χ3v) is 5.87. The Labute approximate surface area is 185 Å². The van der Waals surface area contributed by atoms with Crippen LogP contribution in [0.4, 0.5) is 14.5 Å². The molecular formula is C22H22F2N4O3S. The van der Waals surface area contributed by atoms with Gasteiger partial charge in [0.05, 0.1) is 18.2 Å². The van der Waals surface area contributed by atoms with Gasteiger partial charge in [-0.3, -0.25) is 9.10 Å². The first-order valence-electron chi connectivity index (χ1n) is 9.56. The molecule has 0 atom stereocenters. The third-order valence-electron chi connectivity index (χ3n) is 4.73. The zero-order valence-electron chi connectivity index (χ0n) is 17.7. The van der Waals surface area contributed by atoms with E-state index in [9.17, 15) is 22.0 Å². The number of sulfonamides is 1. The van der Waals surface area contributed by atoms with Crippen molar-refractivity contribution in [1.29, 1.82) is 0 Å². The van der Waals surface area contributed by atoms with Gasteiger partial charge in [0.2, 0.25) is 10.0 Å². The summed E-state index contributed by atoms with van der Waals surface area (Å²) in [5, 5.41) is 3.92. The van der Waals surface area contributed by atoms with Crippen molar-refractivity contribution in [3.05, 3.63) is 83.2 Å². The highest BCUT2D eigenvalue weighted by atomic mass is 32.2. The van der Waals surface area contributed by atoms with Crippen molar-refractivity contribution in [2.45, 2.75) is 13.8 Å². The third kappa shape index (κ3) is 5.38. The van der Waals surface area contributed by atoms with E-state index in [-0.39, 0.29) is 11.5 Å². The van der Waals surface area contributed by atoms with E-state index in [1.165, 1.54) is 36.5 Å². The molecule has 3 rings (SSSR count). The number of nitrogens with one attached hydrogen (secondary N) is 1. The van der Waals surface area contributed by atoms with Crippen LogP contribution < -0.4 is 9.73 Å². The lowest BCUT2D eigenvalue weighted by molar-refractivity contribution is -0.119. The number of rotatable bonds is 7. The van der Waals surface area contributed by atoms with E-state index in [0.717, 1.165) is 39.3 Å². The summed E-state index contributed by atoms with van der Waals surface area (Å²) in [7, 11) is -3.83. The van der Waals surface area contributed by atoms with Gasteiger partial charge in [0.1, 0.15) is 18.2 Å². The van der Waals surface area contributed by atoms with Gasteiger partial charge in [-0.05, 0) is 62.4 Å². The molecule has 32 heavy (non-hydrogen) atoms. The molecule has 1 N–H and O–H groups in total. The number of aromatic nitrogens is 1. The van der Waals surface area contributed by atoms with E-state index in [1.807, 2.05) is 24.5 Å². The van der Waals surface area contributed by atoms with E-state index < -0.39 is 28.3 Å². The maximum atomic E-state index is 13.5. The maximum Gasteiger partial charge on any atom is 0.260 e. The fourth-order valence-electron chi connectivity index (χ4n) is 3.28. The zero-order chi connectivity index (χ0) is 23.5. The Hall–Kier alpha value is -3.53. The number of carbonyl (C=O) groups excluding carboxylic acids is 1. The highest BCUT2D eigenvalue weighted by Crippen LogP contribution is 2.20. The lowest BCUT2D eigenvalue weighted by Gasteiger charge is -2.21. The highest BCUT2D eigenvalue weighted by molar-refractivity contribution is 7.92. The molecule has 0 aliphatic rings. The number of hydrazone groups is 1. The lowest BCUT2D eigenvalue weighted by atomic mass is 10.2. The van der Waals surface area contributed by atoms with Crippen LogP contribution in [0.25, 0.3) is 5.69 Å². The van der Waals surface area contributed by atoms with Crippen LogP contribution in [0.1, 0.15) is 17.0 Å². The summed E-state index contributed by atoms with van der Waals surface area (Å²) in [5.41, 5.74) is 5.54. The van der Waals surface area contributed by atoms with Crippen LogP contribution in [-0.2, 0) is 14.8 Å². The minimum Gasteiger partial charge on any atom is -0.318 e. The molecule has 1 aromatic heterocycles. The maximum absolute atomic E-state index is 13.5.